The lowest BCUT2D eigenvalue weighted by Crippen LogP contribution is -2.00. The van der Waals surface area contributed by atoms with E-state index in [-0.39, 0.29) is 18.2 Å². The highest BCUT2D eigenvalue weighted by molar-refractivity contribution is 6.35. The van der Waals surface area contributed by atoms with Crippen molar-refractivity contribution in [1.29, 1.82) is 0 Å². The molecule has 0 spiro atoms. The zero-order chi connectivity index (χ0) is 24.1. The van der Waals surface area contributed by atoms with Crippen molar-refractivity contribution < 1.29 is 19.4 Å². The number of aromatic nitrogens is 3. The van der Waals surface area contributed by atoms with E-state index in [9.17, 15) is 19.4 Å². The molecule has 0 aliphatic carbocycles. The summed E-state index contributed by atoms with van der Waals surface area (Å²) in [6, 6.07) is 8.26. The zero-order valence-electron chi connectivity index (χ0n) is 18.6. The van der Waals surface area contributed by atoms with Crippen LogP contribution in [0.25, 0.3) is 44.2 Å². The molecule has 0 fully saturated rings. The number of rotatable bonds is 6. The topological polar surface area (TPSA) is 105 Å². The number of aromatic carboxylic acids is 1. The van der Waals surface area contributed by atoms with E-state index in [4.69, 9.17) is 11.6 Å². The first-order chi connectivity index (χ1) is 16.3. The Kier molecular flexibility index (Phi) is 5.46. The van der Waals surface area contributed by atoms with Crippen LogP contribution in [0, 0.1) is 5.82 Å². The molecule has 0 amide bonds. The average molecular weight is 480 g/mol. The van der Waals surface area contributed by atoms with Gasteiger partial charge in [-0.15, -0.1) is 0 Å². The van der Waals surface area contributed by atoms with Crippen LogP contribution in [0.1, 0.15) is 41.4 Å². The van der Waals surface area contributed by atoms with E-state index in [0.717, 1.165) is 27.4 Å². The monoisotopic (exact) mass is 479 g/mol. The van der Waals surface area contributed by atoms with Gasteiger partial charge in [-0.05, 0) is 53.8 Å². The summed E-state index contributed by atoms with van der Waals surface area (Å²) in [5, 5.41) is 21.7. The molecule has 3 heterocycles. The molecular formula is C26H23ClFN3O3. The molecule has 0 saturated carbocycles. The summed E-state index contributed by atoms with van der Waals surface area (Å²) in [7, 11) is 0. The molecule has 2 aromatic carbocycles. The van der Waals surface area contributed by atoms with Gasteiger partial charge in [-0.25, -0.2) is 9.18 Å². The third-order valence-electron chi connectivity index (χ3n) is 6.24. The fourth-order valence-corrected chi connectivity index (χ4v) is 5.16. The Labute approximate surface area is 199 Å². The van der Waals surface area contributed by atoms with Crippen molar-refractivity contribution in [1.82, 2.24) is 15.0 Å². The highest BCUT2D eigenvalue weighted by Crippen LogP contribution is 2.46. The number of carboxylic acid groups (broad SMARTS) is 1. The van der Waals surface area contributed by atoms with Crippen LogP contribution >= 0.6 is 11.6 Å². The molecule has 5 N–H and O–H groups in total. The number of aliphatic hydroxyl groups is 1. The number of aromatic amines is 3. The maximum Gasteiger partial charge on any atom is 0.352 e. The van der Waals surface area contributed by atoms with Crippen molar-refractivity contribution in [2.45, 2.75) is 26.2 Å². The normalized spacial score (nSPS) is 11.8. The number of aliphatic hydroxyl groups excluding tert-OH is 1. The van der Waals surface area contributed by atoms with Crippen LogP contribution in [0.3, 0.4) is 0 Å². The van der Waals surface area contributed by atoms with Crippen LogP contribution in [-0.2, 0) is 6.42 Å². The molecule has 0 bridgehead atoms. The molecule has 0 aliphatic heterocycles. The second kappa shape index (κ2) is 8.34. The van der Waals surface area contributed by atoms with Gasteiger partial charge in [0.1, 0.15) is 11.5 Å². The van der Waals surface area contributed by atoms with Gasteiger partial charge in [0, 0.05) is 62.5 Å². The molecule has 0 aliphatic rings. The highest BCUT2D eigenvalue weighted by Gasteiger charge is 2.29. The molecule has 6 nitrogen and oxygen atoms in total. The smallest absolute Gasteiger partial charge is 0.352 e. The third-order valence-corrected chi connectivity index (χ3v) is 6.55. The first-order valence-corrected chi connectivity index (χ1v) is 11.4. The summed E-state index contributed by atoms with van der Waals surface area (Å²) in [4.78, 5) is 21.8. The molecule has 174 valence electrons. The molecule has 5 rings (SSSR count). The van der Waals surface area contributed by atoms with Gasteiger partial charge in [-0.3, -0.25) is 0 Å². The van der Waals surface area contributed by atoms with Gasteiger partial charge >= 0.3 is 5.97 Å². The molecular weight excluding hydrogens is 457 g/mol. The van der Waals surface area contributed by atoms with Gasteiger partial charge in [0.05, 0.1) is 5.69 Å². The molecule has 34 heavy (non-hydrogen) atoms. The quantitative estimate of drug-likeness (QED) is 0.193. The predicted octanol–water partition coefficient (Wildman–Crippen LogP) is 6.46. The van der Waals surface area contributed by atoms with Crippen molar-refractivity contribution in [2.75, 3.05) is 6.61 Å². The molecule has 5 aromatic rings. The Morgan fingerprint density at radius 2 is 1.91 bits per heavy atom. The predicted molar refractivity (Wildman–Crippen MR) is 132 cm³/mol. The lowest BCUT2D eigenvalue weighted by molar-refractivity contribution is 0.0692. The molecule has 0 radical (unpaired) electrons. The van der Waals surface area contributed by atoms with Crippen molar-refractivity contribution in [2.24, 2.45) is 0 Å². The summed E-state index contributed by atoms with van der Waals surface area (Å²) in [5.74, 6) is -1.70. The summed E-state index contributed by atoms with van der Waals surface area (Å²) < 4.78 is 14.7. The van der Waals surface area contributed by atoms with Crippen molar-refractivity contribution in [3.63, 3.8) is 0 Å². The molecule has 0 saturated heterocycles. The van der Waals surface area contributed by atoms with Crippen molar-refractivity contribution in [3.05, 3.63) is 70.4 Å². The summed E-state index contributed by atoms with van der Waals surface area (Å²) in [6.07, 6.45) is 3.91. The lowest BCUT2D eigenvalue weighted by atomic mass is 9.88. The largest absolute Gasteiger partial charge is 0.477 e. The second-order valence-corrected chi connectivity index (χ2v) is 9.06. The Morgan fingerprint density at radius 3 is 2.62 bits per heavy atom. The summed E-state index contributed by atoms with van der Waals surface area (Å²) in [5.41, 5.74) is 5.11. The van der Waals surface area contributed by atoms with Crippen LogP contribution in [0.2, 0.25) is 5.02 Å². The van der Waals surface area contributed by atoms with E-state index in [1.54, 1.807) is 18.5 Å². The van der Waals surface area contributed by atoms with Crippen LogP contribution in [-0.4, -0.2) is 37.7 Å². The van der Waals surface area contributed by atoms with Gasteiger partial charge in [0.15, 0.2) is 0 Å². The van der Waals surface area contributed by atoms with Gasteiger partial charge in [-0.1, -0.05) is 25.4 Å². The van der Waals surface area contributed by atoms with Crippen LogP contribution in [0.5, 0.6) is 0 Å². The number of hydrogen-bond acceptors (Lipinski definition) is 2. The zero-order valence-corrected chi connectivity index (χ0v) is 19.3. The Hall–Kier alpha value is -3.55. The number of benzene rings is 2. The van der Waals surface area contributed by atoms with E-state index in [2.05, 4.69) is 15.0 Å². The Bertz CT molecular complexity index is 1560. The maximum atomic E-state index is 14.7. The fraction of sp³-hybridized carbons (Fsp3) is 0.192. The molecule has 8 heteroatoms. The molecule has 3 aromatic heterocycles. The van der Waals surface area contributed by atoms with Gasteiger partial charge in [0.2, 0.25) is 0 Å². The average Bonchev–Trinajstić information content (AvgIpc) is 3.50. The van der Waals surface area contributed by atoms with Gasteiger partial charge < -0.3 is 25.2 Å². The van der Waals surface area contributed by atoms with Crippen LogP contribution < -0.4 is 0 Å². The Balaban J connectivity index is 1.93. The Morgan fingerprint density at radius 1 is 1.12 bits per heavy atom. The minimum absolute atomic E-state index is 0.00837. The molecule has 0 unspecified atom stereocenters. The first-order valence-electron chi connectivity index (χ1n) is 11.0. The van der Waals surface area contributed by atoms with Crippen molar-refractivity contribution in [3.8, 4) is 22.4 Å². The summed E-state index contributed by atoms with van der Waals surface area (Å²) in [6.45, 7) is 3.87. The number of carboxylic acids is 1. The number of carbonyl (C=O) groups is 1. The lowest BCUT2D eigenvalue weighted by Gasteiger charge is -2.15. The number of hydrogen-bond donors (Lipinski definition) is 5. The van der Waals surface area contributed by atoms with Gasteiger partial charge in [0.25, 0.3) is 0 Å². The van der Waals surface area contributed by atoms with Crippen LogP contribution in [0.4, 0.5) is 4.39 Å². The number of fused-ring (bicyclic) bond motifs is 2. The van der Waals surface area contributed by atoms with Gasteiger partial charge in [-0.2, -0.15) is 0 Å². The van der Waals surface area contributed by atoms with Crippen molar-refractivity contribution >= 4 is 39.4 Å². The van der Waals surface area contributed by atoms with E-state index >= 15 is 0 Å². The second-order valence-electron chi connectivity index (χ2n) is 8.65. The minimum atomic E-state index is -1.14. The molecule has 0 atom stereocenters. The SMILES string of the molecule is CC(C)c1c(-c2cc(F)cc3[nH]cc(CCO)c23)[nH]c(C(=O)O)c1-c1c(Cl)ccc2[nH]ccc12. The van der Waals surface area contributed by atoms with E-state index in [1.165, 1.54) is 12.1 Å². The minimum Gasteiger partial charge on any atom is -0.477 e. The first kappa shape index (κ1) is 22.3. The van der Waals surface area contributed by atoms with E-state index < -0.39 is 11.8 Å². The van der Waals surface area contributed by atoms with Crippen LogP contribution in [0.15, 0.2) is 42.7 Å². The van der Waals surface area contributed by atoms with E-state index in [1.807, 2.05) is 26.0 Å². The fourth-order valence-electron chi connectivity index (χ4n) is 4.90. The maximum absolute atomic E-state index is 14.7. The third kappa shape index (κ3) is 3.40. The number of H-pyrrole nitrogens is 3. The highest BCUT2D eigenvalue weighted by atomic mass is 35.5. The summed E-state index contributed by atoms with van der Waals surface area (Å²) >= 11 is 6.66. The van der Waals surface area contributed by atoms with E-state index in [0.29, 0.717) is 39.3 Å². The standard InChI is InChI=1S/C26H23ClFN3O3/c1-12(2)20-23(22-15-5-7-29-18(15)4-3-17(22)27)25(26(33)34)31-24(20)16-9-14(28)10-19-21(16)13(6-8-32)11-30-19/h3-5,7,9-12,29-32H,6,8H2,1-2H3,(H,33,34). The number of nitrogens with one attached hydrogen (secondary N) is 3. The number of halogens is 2.